The number of carbonyl (C=O) groups is 1. The molecule has 1 atom stereocenters. The highest BCUT2D eigenvalue weighted by Crippen LogP contribution is 2.37. The molecule has 2 saturated heterocycles. The first-order valence-corrected chi connectivity index (χ1v) is 8.72. The largest absolute Gasteiger partial charge is 0.342 e. The number of hydrogen-bond acceptors (Lipinski definition) is 2. The number of rotatable bonds is 3. The molecule has 0 aliphatic carbocycles. The number of benzene rings is 1. The van der Waals surface area contributed by atoms with Gasteiger partial charge in [0.25, 0.3) is 0 Å². The Labute approximate surface area is 146 Å². The van der Waals surface area contributed by atoms with Crippen molar-refractivity contribution in [2.24, 2.45) is 5.41 Å². The van der Waals surface area contributed by atoms with E-state index in [1.54, 1.807) is 0 Å². The third kappa shape index (κ3) is 3.89. The maximum Gasteiger partial charge on any atom is 0.229 e. The maximum atomic E-state index is 12.8. The van der Waals surface area contributed by atoms with Gasteiger partial charge in [-0.25, -0.2) is 0 Å². The molecule has 1 aromatic rings. The predicted octanol–water partition coefficient (Wildman–Crippen LogP) is 3.38. The minimum absolute atomic E-state index is 0. The van der Waals surface area contributed by atoms with E-state index in [1.165, 1.54) is 12.0 Å². The highest BCUT2D eigenvalue weighted by molar-refractivity contribution is 5.85. The van der Waals surface area contributed by atoms with E-state index in [0.29, 0.717) is 11.3 Å². The number of halogens is 1. The van der Waals surface area contributed by atoms with Crippen molar-refractivity contribution in [3.63, 3.8) is 0 Å². The van der Waals surface area contributed by atoms with E-state index >= 15 is 0 Å². The summed E-state index contributed by atoms with van der Waals surface area (Å²) in [5.74, 6) is 0.270. The minimum atomic E-state index is -0.0262. The van der Waals surface area contributed by atoms with E-state index in [1.807, 2.05) is 6.92 Å². The first kappa shape index (κ1) is 18.3. The number of hydrogen-bond donors (Lipinski definition) is 1. The number of likely N-dealkylation sites (tertiary alicyclic amines) is 1. The monoisotopic (exact) mass is 336 g/mol. The van der Waals surface area contributed by atoms with Crippen LogP contribution in [0.25, 0.3) is 0 Å². The second-order valence-corrected chi connectivity index (χ2v) is 7.07. The summed E-state index contributed by atoms with van der Waals surface area (Å²) in [4.78, 5) is 14.9. The molecule has 0 aromatic heterocycles. The van der Waals surface area contributed by atoms with Crippen LogP contribution in [0.15, 0.2) is 24.3 Å². The van der Waals surface area contributed by atoms with Crippen LogP contribution in [0.1, 0.15) is 50.2 Å². The van der Waals surface area contributed by atoms with Gasteiger partial charge in [0.05, 0.1) is 5.92 Å². The third-order valence-electron chi connectivity index (χ3n) is 5.73. The Hall–Kier alpha value is -1.06. The van der Waals surface area contributed by atoms with E-state index in [2.05, 4.69) is 41.4 Å². The molecular formula is C19H29ClN2O. The second kappa shape index (κ2) is 7.67. The number of carbonyl (C=O) groups excluding carboxylic acids is 1. The molecule has 4 heteroatoms. The van der Waals surface area contributed by atoms with E-state index < -0.39 is 0 Å². The summed E-state index contributed by atoms with van der Waals surface area (Å²) >= 11 is 0. The van der Waals surface area contributed by atoms with Gasteiger partial charge < -0.3 is 10.2 Å². The number of nitrogens with zero attached hydrogens (tertiary/aromatic N) is 1. The molecule has 0 saturated carbocycles. The zero-order chi connectivity index (χ0) is 15.6. The Morgan fingerprint density at radius 1 is 1.22 bits per heavy atom. The lowest BCUT2D eigenvalue weighted by molar-refractivity contribution is -0.134. The molecule has 3 rings (SSSR count). The Morgan fingerprint density at radius 3 is 2.39 bits per heavy atom. The van der Waals surface area contributed by atoms with Crippen molar-refractivity contribution in [3.05, 3.63) is 35.4 Å². The van der Waals surface area contributed by atoms with Crippen molar-refractivity contribution in [2.75, 3.05) is 26.2 Å². The molecule has 1 aromatic carbocycles. The Kier molecular flexibility index (Phi) is 6.10. The average Bonchev–Trinajstić information content (AvgIpc) is 3.02. The summed E-state index contributed by atoms with van der Waals surface area (Å²) < 4.78 is 0. The Bertz CT molecular complexity index is 513. The third-order valence-corrected chi connectivity index (χ3v) is 5.73. The maximum absolute atomic E-state index is 12.8. The van der Waals surface area contributed by atoms with Gasteiger partial charge in [0.2, 0.25) is 5.91 Å². The molecule has 2 fully saturated rings. The zero-order valence-corrected chi connectivity index (χ0v) is 15.1. The fourth-order valence-electron chi connectivity index (χ4n) is 3.88. The zero-order valence-electron chi connectivity index (χ0n) is 14.3. The van der Waals surface area contributed by atoms with Gasteiger partial charge in [-0.2, -0.15) is 0 Å². The molecule has 3 nitrogen and oxygen atoms in total. The molecule has 1 spiro atoms. The quantitative estimate of drug-likeness (QED) is 0.917. The summed E-state index contributed by atoms with van der Waals surface area (Å²) in [5, 5.41) is 3.48. The van der Waals surface area contributed by atoms with Gasteiger partial charge in [0, 0.05) is 19.6 Å². The van der Waals surface area contributed by atoms with Crippen molar-refractivity contribution < 1.29 is 4.79 Å². The van der Waals surface area contributed by atoms with Crippen LogP contribution in [0.4, 0.5) is 0 Å². The van der Waals surface area contributed by atoms with Crippen LogP contribution in [0.3, 0.4) is 0 Å². The summed E-state index contributed by atoms with van der Waals surface area (Å²) in [7, 11) is 0. The van der Waals surface area contributed by atoms with Crippen molar-refractivity contribution in [2.45, 2.75) is 45.4 Å². The first-order valence-electron chi connectivity index (χ1n) is 8.72. The highest BCUT2D eigenvalue weighted by atomic mass is 35.5. The predicted molar refractivity (Wildman–Crippen MR) is 97.2 cm³/mol. The SMILES string of the molecule is CCc1ccc(C(C)C(=O)N2CCC3(CCNC3)CC2)cc1.Cl. The van der Waals surface area contributed by atoms with Crippen molar-refractivity contribution in [1.29, 1.82) is 0 Å². The van der Waals surface area contributed by atoms with Crippen molar-refractivity contribution >= 4 is 18.3 Å². The molecule has 23 heavy (non-hydrogen) atoms. The average molecular weight is 337 g/mol. The standard InChI is InChI=1S/C19H28N2O.ClH/c1-3-16-4-6-17(7-5-16)15(2)18(22)21-12-9-19(10-13-21)8-11-20-14-19;/h4-7,15,20H,3,8-14H2,1-2H3;1H. The lowest BCUT2D eigenvalue weighted by atomic mass is 9.77. The van der Waals surface area contributed by atoms with E-state index in [-0.39, 0.29) is 18.3 Å². The molecule has 2 heterocycles. The summed E-state index contributed by atoms with van der Waals surface area (Å²) in [6, 6.07) is 8.53. The summed E-state index contributed by atoms with van der Waals surface area (Å²) in [6.07, 6.45) is 4.65. The molecule has 0 radical (unpaired) electrons. The fraction of sp³-hybridized carbons (Fsp3) is 0.632. The Morgan fingerprint density at radius 2 is 1.87 bits per heavy atom. The van der Waals surface area contributed by atoms with Crippen LogP contribution in [-0.2, 0) is 11.2 Å². The minimum Gasteiger partial charge on any atom is -0.342 e. The molecule has 2 aliphatic rings. The lowest BCUT2D eigenvalue weighted by Gasteiger charge is -2.39. The number of amides is 1. The van der Waals surface area contributed by atoms with Crippen molar-refractivity contribution in [1.82, 2.24) is 10.2 Å². The van der Waals surface area contributed by atoms with Gasteiger partial charge in [-0.05, 0) is 55.7 Å². The topological polar surface area (TPSA) is 32.3 Å². The molecule has 128 valence electrons. The van der Waals surface area contributed by atoms with Gasteiger partial charge in [0.15, 0.2) is 0 Å². The molecule has 1 N–H and O–H groups in total. The summed E-state index contributed by atoms with van der Waals surface area (Å²) in [6.45, 7) is 8.35. The first-order chi connectivity index (χ1) is 10.6. The smallest absolute Gasteiger partial charge is 0.229 e. The lowest BCUT2D eigenvalue weighted by Crippen LogP contribution is -2.45. The molecule has 2 aliphatic heterocycles. The normalized spacial score (nSPS) is 21.0. The van der Waals surface area contributed by atoms with E-state index in [9.17, 15) is 4.79 Å². The van der Waals surface area contributed by atoms with E-state index in [0.717, 1.165) is 51.0 Å². The molecule has 1 amide bonds. The van der Waals surface area contributed by atoms with Crippen LogP contribution >= 0.6 is 12.4 Å². The molecular weight excluding hydrogens is 308 g/mol. The molecule has 0 bridgehead atoms. The van der Waals surface area contributed by atoms with Crippen LogP contribution in [0, 0.1) is 5.41 Å². The highest BCUT2D eigenvalue weighted by Gasteiger charge is 2.38. The van der Waals surface area contributed by atoms with Gasteiger partial charge in [0.1, 0.15) is 0 Å². The Balaban J connectivity index is 0.00000192. The fourth-order valence-corrected chi connectivity index (χ4v) is 3.88. The number of piperidine rings is 1. The second-order valence-electron chi connectivity index (χ2n) is 7.07. The van der Waals surface area contributed by atoms with Gasteiger partial charge in [-0.15, -0.1) is 12.4 Å². The van der Waals surface area contributed by atoms with Gasteiger partial charge in [-0.1, -0.05) is 31.2 Å². The van der Waals surface area contributed by atoms with Gasteiger partial charge >= 0.3 is 0 Å². The van der Waals surface area contributed by atoms with Gasteiger partial charge in [-0.3, -0.25) is 4.79 Å². The number of aryl methyl sites for hydroxylation is 1. The molecule has 1 unspecified atom stereocenters. The van der Waals surface area contributed by atoms with E-state index in [4.69, 9.17) is 0 Å². The number of nitrogens with one attached hydrogen (secondary N) is 1. The van der Waals surface area contributed by atoms with Crippen molar-refractivity contribution in [3.8, 4) is 0 Å². The summed E-state index contributed by atoms with van der Waals surface area (Å²) in [5.41, 5.74) is 2.95. The van der Waals surface area contributed by atoms with Crippen LogP contribution in [0.5, 0.6) is 0 Å². The van der Waals surface area contributed by atoms with Crippen LogP contribution in [-0.4, -0.2) is 37.0 Å². The van der Waals surface area contributed by atoms with Crippen LogP contribution < -0.4 is 5.32 Å². The van der Waals surface area contributed by atoms with Crippen LogP contribution in [0.2, 0.25) is 0 Å².